The molecular formula is C15H21Cl2NO3. The second-order valence-corrected chi connectivity index (χ2v) is 5.93. The van der Waals surface area contributed by atoms with Crippen LogP contribution in [0.4, 0.5) is 0 Å². The highest BCUT2D eigenvalue weighted by atomic mass is 35.5. The Morgan fingerprint density at radius 2 is 2.05 bits per heavy atom. The Morgan fingerprint density at radius 1 is 1.33 bits per heavy atom. The zero-order valence-corrected chi connectivity index (χ0v) is 13.8. The van der Waals surface area contributed by atoms with Crippen LogP contribution >= 0.6 is 23.2 Å². The molecule has 4 nitrogen and oxygen atoms in total. The molecule has 0 saturated carbocycles. The molecule has 118 valence electrons. The van der Waals surface area contributed by atoms with E-state index in [-0.39, 0.29) is 12.5 Å². The van der Waals surface area contributed by atoms with E-state index in [0.29, 0.717) is 22.2 Å². The molecule has 0 aliphatic carbocycles. The minimum absolute atomic E-state index is 0.00622. The average molecular weight is 334 g/mol. The van der Waals surface area contributed by atoms with E-state index in [9.17, 15) is 4.79 Å². The molecule has 0 aromatic heterocycles. The molecule has 1 atom stereocenters. The summed E-state index contributed by atoms with van der Waals surface area (Å²) in [5.74, 6) is -0.0508. The van der Waals surface area contributed by atoms with Crippen LogP contribution in [0.25, 0.3) is 0 Å². The van der Waals surface area contributed by atoms with E-state index < -0.39 is 5.97 Å². The van der Waals surface area contributed by atoms with Gasteiger partial charge >= 0.3 is 5.97 Å². The van der Waals surface area contributed by atoms with Crippen molar-refractivity contribution in [2.75, 3.05) is 20.1 Å². The van der Waals surface area contributed by atoms with Gasteiger partial charge in [0.2, 0.25) is 0 Å². The number of likely N-dealkylation sites (N-methyl/N-ethyl adjacent to an activating group) is 1. The quantitative estimate of drug-likeness (QED) is 0.695. The van der Waals surface area contributed by atoms with Crippen molar-refractivity contribution < 1.29 is 14.6 Å². The van der Waals surface area contributed by atoms with Crippen molar-refractivity contribution in [2.45, 2.75) is 32.3 Å². The number of carboxylic acid groups (broad SMARTS) is 1. The minimum Gasteiger partial charge on any atom is -0.489 e. The van der Waals surface area contributed by atoms with Crippen LogP contribution in [0.5, 0.6) is 5.75 Å². The highest BCUT2D eigenvalue weighted by Gasteiger charge is 2.09. The Labute approximate surface area is 135 Å². The third-order valence-corrected chi connectivity index (χ3v) is 3.72. The second-order valence-electron chi connectivity index (χ2n) is 5.12. The molecule has 1 N–H and O–H groups in total. The molecule has 1 unspecified atom stereocenters. The lowest BCUT2D eigenvalue weighted by Gasteiger charge is -2.22. The van der Waals surface area contributed by atoms with Gasteiger partial charge in [-0.3, -0.25) is 4.79 Å². The molecule has 0 spiro atoms. The van der Waals surface area contributed by atoms with Crippen LogP contribution in [0.3, 0.4) is 0 Å². The van der Waals surface area contributed by atoms with E-state index in [1.165, 1.54) is 0 Å². The van der Waals surface area contributed by atoms with Crippen molar-refractivity contribution in [3.05, 3.63) is 28.2 Å². The Balaban J connectivity index is 2.30. The second kappa shape index (κ2) is 9.13. The normalized spacial score (nSPS) is 12.4. The molecule has 0 aliphatic heterocycles. The molecule has 6 heteroatoms. The lowest BCUT2D eigenvalue weighted by molar-refractivity contribution is -0.137. The summed E-state index contributed by atoms with van der Waals surface area (Å²) in [5, 5.41) is 9.56. The highest BCUT2D eigenvalue weighted by molar-refractivity contribution is 6.42. The number of ether oxygens (including phenoxy) is 1. The molecule has 0 radical (unpaired) electrons. The number of hydrogen-bond donors (Lipinski definition) is 1. The lowest BCUT2D eigenvalue weighted by Crippen LogP contribution is -2.31. The summed E-state index contributed by atoms with van der Waals surface area (Å²) in [7, 11) is 2.00. The monoisotopic (exact) mass is 333 g/mol. The Bertz CT molecular complexity index is 468. The fourth-order valence-electron chi connectivity index (χ4n) is 2.01. The molecule has 0 saturated heterocycles. The van der Waals surface area contributed by atoms with Crippen LogP contribution in [0.15, 0.2) is 18.2 Å². The molecule has 0 heterocycles. The van der Waals surface area contributed by atoms with Crippen LogP contribution in [-0.2, 0) is 4.79 Å². The average Bonchev–Trinajstić information content (AvgIpc) is 2.38. The topological polar surface area (TPSA) is 49.8 Å². The van der Waals surface area contributed by atoms with Gasteiger partial charge in [0.15, 0.2) is 0 Å². The molecule has 1 rings (SSSR count). The van der Waals surface area contributed by atoms with E-state index in [0.717, 1.165) is 19.5 Å². The zero-order valence-electron chi connectivity index (χ0n) is 12.3. The number of rotatable bonds is 9. The van der Waals surface area contributed by atoms with Crippen molar-refractivity contribution in [1.82, 2.24) is 4.90 Å². The van der Waals surface area contributed by atoms with Crippen molar-refractivity contribution in [3.63, 3.8) is 0 Å². The smallest absolute Gasteiger partial charge is 0.303 e. The standard InChI is InChI=1S/C15H21Cl2NO3/c1-11(10-18(2)8-4-3-5-15(19)20)21-12-6-7-13(16)14(17)9-12/h6-7,9,11H,3-5,8,10H2,1-2H3,(H,19,20). The van der Waals surface area contributed by atoms with E-state index in [4.69, 9.17) is 33.0 Å². The number of unbranched alkanes of at least 4 members (excludes halogenated alkanes) is 1. The zero-order chi connectivity index (χ0) is 15.8. The molecule has 1 aromatic rings. The molecule has 0 amide bonds. The summed E-state index contributed by atoms with van der Waals surface area (Å²) in [6.07, 6.45) is 1.79. The molecule has 21 heavy (non-hydrogen) atoms. The summed E-state index contributed by atoms with van der Waals surface area (Å²) in [5.41, 5.74) is 0. The van der Waals surface area contributed by atoms with Gasteiger partial charge in [0.25, 0.3) is 0 Å². The summed E-state index contributed by atoms with van der Waals surface area (Å²) in [6, 6.07) is 5.20. The van der Waals surface area contributed by atoms with E-state index >= 15 is 0 Å². The number of carbonyl (C=O) groups is 1. The van der Waals surface area contributed by atoms with Gasteiger partial charge in [-0.15, -0.1) is 0 Å². The number of nitrogens with zero attached hydrogens (tertiary/aromatic N) is 1. The predicted molar refractivity (Wildman–Crippen MR) is 85.5 cm³/mol. The summed E-state index contributed by atoms with van der Waals surface area (Å²) in [6.45, 7) is 3.59. The third-order valence-electron chi connectivity index (χ3n) is 2.98. The fourth-order valence-corrected chi connectivity index (χ4v) is 2.30. The predicted octanol–water partition coefficient (Wildman–Crippen LogP) is 3.95. The van der Waals surface area contributed by atoms with Crippen LogP contribution in [0.1, 0.15) is 26.2 Å². The van der Waals surface area contributed by atoms with E-state index in [2.05, 4.69) is 4.90 Å². The maximum Gasteiger partial charge on any atom is 0.303 e. The van der Waals surface area contributed by atoms with Crippen LogP contribution in [0.2, 0.25) is 10.0 Å². The first-order valence-corrected chi connectivity index (χ1v) is 7.66. The van der Waals surface area contributed by atoms with Crippen LogP contribution < -0.4 is 4.74 Å². The largest absolute Gasteiger partial charge is 0.489 e. The number of hydrogen-bond acceptors (Lipinski definition) is 3. The number of carboxylic acids is 1. The number of aliphatic carboxylic acids is 1. The number of benzene rings is 1. The van der Waals surface area contributed by atoms with Crippen molar-refractivity contribution in [3.8, 4) is 5.75 Å². The van der Waals surface area contributed by atoms with Crippen molar-refractivity contribution in [2.24, 2.45) is 0 Å². The SMILES string of the molecule is CC(CN(C)CCCCC(=O)O)Oc1ccc(Cl)c(Cl)c1. The molecule has 1 aromatic carbocycles. The first-order valence-electron chi connectivity index (χ1n) is 6.90. The molecule has 0 fully saturated rings. The van der Waals surface area contributed by atoms with Crippen LogP contribution in [0, 0.1) is 0 Å². The van der Waals surface area contributed by atoms with Crippen LogP contribution in [-0.4, -0.2) is 42.2 Å². The maximum atomic E-state index is 10.4. The third kappa shape index (κ3) is 7.55. The van der Waals surface area contributed by atoms with Gasteiger partial charge in [-0.1, -0.05) is 23.2 Å². The van der Waals surface area contributed by atoms with Gasteiger partial charge in [0.05, 0.1) is 10.0 Å². The van der Waals surface area contributed by atoms with Crippen molar-refractivity contribution in [1.29, 1.82) is 0 Å². The maximum absolute atomic E-state index is 10.4. The molecule has 0 aliphatic rings. The highest BCUT2D eigenvalue weighted by Crippen LogP contribution is 2.26. The van der Waals surface area contributed by atoms with Gasteiger partial charge in [0, 0.05) is 19.0 Å². The fraction of sp³-hybridized carbons (Fsp3) is 0.533. The first kappa shape index (κ1) is 18.1. The van der Waals surface area contributed by atoms with Gasteiger partial charge in [-0.2, -0.15) is 0 Å². The molecular weight excluding hydrogens is 313 g/mol. The van der Waals surface area contributed by atoms with Crippen molar-refractivity contribution >= 4 is 29.2 Å². The van der Waals surface area contributed by atoms with Gasteiger partial charge in [0.1, 0.15) is 11.9 Å². The molecule has 0 bridgehead atoms. The number of halogens is 2. The lowest BCUT2D eigenvalue weighted by atomic mass is 10.2. The Morgan fingerprint density at radius 3 is 2.67 bits per heavy atom. The minimum atomic E-state index is -0.742. The Hall–Kier alpha value is -0.970. The van der Waals surface area contributed by atoms with E-state index in [1.54, 1.807) is 18.2 Å². The summed E-state index contributed by atoms with van der Waals surface area (Å²) < 4.78 is 5.79. The van der Waals surface area contributed by atoms with Gasteiger partial charge in [-0.25, -0.2) is 0 Å². The van der Waals surface area contributed by atoms with E-state index in [1.807, 2.05) is 14.0 Å². The summed E-state index contributed by atoms with van der Waals surface area (Å²) in [4.78, 5) is 12.6. The first-order chi connectivity index (χ1) is 9.88. The van der Waals surface area contributed by atoms with Gasteiger partial charge < -0.3 is 14.7 Å². The summed E-state index contributed by atoms with van der Waals surface area (Å²) >= 11 is 11.8. The van der Waals surface area contributed by atoms with Gasteiger partial charge in [-0.05, 0) is 45.5 Å². The Kier molecular flexibility index (Phi) is 7.86.